The van der Waals surface area contributed by atoms with Crippen LogP contribution in [0.3, 0.4) is 0 Å². The number of pyridine rings is 1. The van der Waals surface area contributed by atoms with E-state index >= 15 is 0 Å². The van der Waals surface area contributed by atoms with Crippen LogP contribution in [0.5, 0.6) is 0 Å². The number of para-hydroxylation sites is 1. The monoisotopic (exact) mass is 367 g/mol. The van der Waals surface area contributed by atoms with Gasteiger partial charge >= 0.3 is 0 Å². The lowest BCUT2D eigenvalue weighted by Gasteiger charge is -2.32. The first-order valence-electron chi connectivity index (χ1n) is 10.3. The van der Waals surface area contributed by atoms with E-state index in [4.69, 9.17) is 0 Å². The number of hydrogen-bond acceptors (Lipinski definition) is 3. The van der Waals surface area contributed by atoms with Gasteiger partial charge in [0, 0.05) is 48.7 Å². The van der Waals surface area contributed by atoms with Gasteiger partial charge < -0.3 is 9.88 Å². The number of fused-ring (bicyclic) bond motifs is 1. The Morgan fingerprint density at radius 3 is 2.59 bits per heavy atom. The summed E-state index contributed by atoms with van der Waals surface area (Å²) in [4.78, 5) is 32.3. The van der Waals surface area contributed by atoms with Crippen LogP contribution in [0.1, 0.15) is 44.2 Å². The van der Waals surface area contributed by atoms with E-state index in [9.17, 15) is 9.59 Å². The number of piperidine rings is 1. The molecule has 0 radical (unpaired) electrons. The number of aromatic nitrogens is 1. The number of hydrogen-bond donors (Lipinski definition) is 1. The van der Waals surface area contributed by atoms with Crippen LogP contribution in [-0.4, -0.2) is 46.9 Å². The lowest BCUT2D eigenvalue weighted by atomic mass is 9.92. The fourth-order valence-electron chi connectivity index (χ4n) is 4.46. The van der Waals surface area contributed by atoms with Gasteiger partial charge in [0.15, 0.2) is 5.43 Å². The van der Waals surface area contributed by atoms with Crippen molar-refractivity contribution >= 4 is 16.8 Å². The van der Waals surface area contributed by atoms with Crippen molar-refractivity contribution in [3.8, 4) is 0 Å². The third-order valence-electron chi connectivity index (χ3n) is 6.12. The van der Waals surface area contributed by atoms with Gasteiger partial charge in [0.2, 0.25) is 5.91 Å². The molecule has 2 aromatic rings. The predicted octanol–water partition coefficient (Wildman–Crippen LogP) is 3.14. The van der Waals surface area contributed by atoms with Gasteiger partial charge in [-0.05, 0) is 63.2 Å². The summed E-state index contributed by atoms with van der Waals surface area (Å²) in [5.74, 6) is 1.01. The molecule has 2 aliphatic heterocycles. The molecule has 5 heteroatoms. The Labute approximate surface area is 160 Å². The highest BCUT2D eigenvalue weighted by Crippen LogP contribution is 2.24. The molecule has 2 saturated heterocycles. The SMILES string of the molecule is O=C(CCC1CCN(Cc2cc(=O)c3ccccc3[nH]2)CC1)N1CCCC1. The number of carbonyl (C=O) groups is 1. The second kappa shape index (κ2) is 8.26. The average Bonchev–Trinajstić information content (AvgIpc) is 3.22. The van der Waals surface area contributed by atoms with Crippen LogP contribution in [0.2, 0.25) is 0 Å². The maximum atomic E-state index is 12.3. The Bertz CT molecular complexity index is 846. The van der Waals surface area contributed by atoms with Gasteiger partial charge in [-0.2, -0.15) is 0 Å². The van der Waals surface area contributed by atoms with E-state index < -0.39 is 0 Å². The fourth-order valence-corrected chi connectivity index (χ4v) is 4.46. The number of rotatable bonds is 5. The third-order valence-corrected chi connectivity index (χ3v) is 6.12. The minimum atomic E-state index is 0.0923. The molecule has 2 aliphatic rings. The van der Waals surface area contributed by atoms with Gasteiger partial charge in [-0.15, -0.1) is 0 Å². The van der Waals surface area contributed by atoms with Crippen LogP contribution < -0.4 is 5.43 Å². The van der Waals surface area contributed by atoms with Crippen molar-refractivity contribution in [2.75, 3.05) is 26.2 Å². The lowest BCUT2D eigenvalue weighted by Crippen LogP contribution is -2.34. The molecule has 0 aliphatic carbocycles. The van der Waals surface area contributed by atoms with E-state index in [1.54, 1.807) is 6.07 Å². The van der Waals surface area contributed by atoms with Crippen molar-refractivity contribution in [1.82, 2.24) is 14.8 Å². The summed E-state index contributed by atoms with van der Waals surface area (Å²) < 4.78 is 0. The molecule has 1 N–H and O–H groups in total. The molecule has 1 aromatic carbocycles. The highest BCUT2D eigenvalue weighted by molar-refractivity contribution is 5.78. The number of nitrogens with zero attached hydrogens (tertiary/aromatic N) is 2. The van der Waals surface area contributed by atoms with E-state index in [1.165, 1.54) is 12.8 Å². The predicted molar refractivity (Wildman–Crippen MR) is 108 cm³/mol. The van der Waals surface area contributed by atoms with Crippen LogP contribution in [0.4, 0.5) is 0 Å². The maximum absolute atomic E-state index is 12.3. The van der Waals surface area contributed by atoms with Crippen LogP contribution in [-0.2, 0) is 11.3 Å². The van der Waals surface area contributed by atoms with Crippen LogP contribution in [0, 0.1) is 5.92 Å². The molecule has 2 fully saturated rings. The summed E-state index contributed by atoms with van der Waals surface area (Å²) >= 11 is 0. The number of carbonyl (C=O) groups excluding carboxylic acids is 1. The first-order valence-corrected chi connectivity index (χ1v) is 10.3. The zero-order valence-corrected chi connectivity index (χ0v) is 16.0. The summed E-state index contributed by atoms with van der Waals surface area (Å²) in [5.41, 5.74) is 1.99. The summed E-state index contributed by atoms with van der Waals surface area (Å²) in [5, 5.41) is 0.752. The molecular formula is C22H29N3O2. The first-order chi connectivity index (χ1) is 13.2. The smallest absolute Gasteiger partial charge is 0.222 e. The van der Waals surface area contributed by atoms with Crippen molar-refractivity contribution in [1.29, 1.82) is 0 Å². The summed E-state index contributed by atoms with van der Waals surface area (Å²) in [6.45, 7) is 4.79. The van der Waals surface area contributed by atoms with Crippen molar-refractivity contribution in [2.45, 2.75) is 45.1 Å². The number of likely N-dealkylation sites (tertiary alicyclic amines) is 2. The maximum Gasteiger partial charge on any atom is 0.222 e. The molecule has 27 heavy (non-hydrogen) atoms. The van der Waals surface area contributed by atoms with Gasteiger partial charge in [0.25, 0.3) is 0 Å². The van der Waals surface area contributed by atoms with Gasteiger partial charge in [-0.1, -0.05) is 12.1 Å². The standard InChI is InChI=1S/C22H29N3O2/c26-21-15-18(23-20-6-2-1-5-19(20)21)16-24-13-9-17(10-14-24)7-8-22(27)25-11-3-4-12-25/h1-2,5-6,15,17H,3-4,7-14,16H2,(H,23,26). The summed E-state index contributed by atoms with van der Waals surface area (Å²) in [6, 6.07) is 9.42. The minimum Gasteiger partial charge on any atom is -0.357 e. The van der Waals surface area contributed by atoms with Gasteiger partial charge in [-0.25, -0.2) is 0 Å². The van der Waals surface area contributed by atoms with Crippen LogP contribution >= 0.6 is 0 Å². The number of aromatic amines is 1. The number of benzene rings is 1. The summed E-state index contributed by atoms with van der Waals surface area (Å²) in [6.07, 6.45) is 6.36. The molecule has 3 heterocycles. The lowest BCUT2D eigenvalue weighted by molar-refractivity contribution is -0.130. The molecular weight excluding hydrogens is 338 g/mol. The second-order valence-electron chi connectivity index (χ2n) is 8.05. The molecule has 0 saturated carbocycles. The molecule has 0 spiro atoms. The second-order valence-corrected chi connectivity index (χ2v) is 8.05. The quantitative estimate of drug-likeness (QED) is 0.883. The number of H-pyrrole nitrogens is 1. The Morgan fingerprint density at radius 2 is 1.81 bits per heavy atom. The zero-order chi connectivity index (χ0) is 18.6. The largest absolute Gasteiger partial charge is 0.357 e. The topological polar surface area (TPSA) is 56.4 Å². The van der Waals surface area contributed by atoms with Gasteiger partial charge in [0.1, 0.15) is 0 Å². The van der Waals surface area contributed by atoms with E-state index in [1.807, 2.05) is 29.2 Å². The highest BCUT2D eigenvalue weighted by atomic mass is 16.2. The van der Waals surface area contributed by atoms with Crippen molar-refractivity contribution in [3.05, 3.63) is 46.2 Å². The normalized spacial score (nSPS) is 19.0. The van der Waals surface area contributed by atoms with Crippen molar-refractivity contribution in [2.24, 2.45) is 5.92 Å². The number of nitrogens with one attached hydrogen (secondary N) is 1. The number of amides is 1. The van der Waals surface area contributed by atoms with Crippen molar-refractivity contribution < 1.29 is 4.79 Å². The molecule has 1 aromatic heterocycles. The molecule has 144 valence electrons. The average molecular weight is 367 g/mol. The van der Waals surface area contributed by atoms with Crippen molar-refractivity contribution in [3.63, 3.8) is 0 Å². The van der Waals surface area contributed by atoms with Crippen LogP contribution in [0.15, 0.2) is 35.1 Å². The van der Waals surface area contributed by atoms with E-state index in [0.29, 0.717) is 18.2 Å². The van der Waals surface area contributed by atoms with E-state index in [2.05, 4.69) is 9.88 Å². The van der Waals surface area contributed by atoms with E-state index in [0.717, 1.165) is 68.6 Å². The first kappa shape index (κ1) is 18.2. The molecule has 4 rings (SSSR count). The van der Waals surface area contributed by atoms with Gasteiger partial charge in [0.05, 0.1) is 0 Å². The zero-order valence-electron chi connectivity index (χ0n) is 16.0. The molecule has 5 nitrogen and oxygen atoms in total. The Kier molecular flexibility index (Phi) is 5.58. The van der Waals surface area contributed by atoms with Gasteiger partial charge in [-0.3, -0.25) is 14.5 Å². The molecule has 1 amide bonds. The van der Waals surface area contributed by atoms with Crippen LogP contribution in [0.25, 0.3) is 10.9 Å². The molecule has 0 unspecified atom stereocenters. The Morgan fingerprint density at radius 1 is 1.07 bits per heavy atom. The minimum absolute atomic E-state index is 0.0923. The molecule has 0 atom stereocenters. The Balaban J connectivity index is 1.27. The molecule has 0 bridgehead atoms. The third kappa shape index (κ3) is 4.41. The fraction of sp³-hybridized carbons (Fsp3) is 0.545. The summed E-state index contributed by atoms with van der Waals surface area (Å²) in [7, 11) is 0. The Hall–Kier alpha value is -2.14. The highest BCUT2D eigenvalue weighted by Gasteiger charge is 2.23. The van der Waals surface area contributed by atoms with E-state index in [-0.39, 0.29) is 5.43 Å².